The normalized spacial score (nSPS) is 38.6. The van der Waals surface area contributed by atoms with Crippen molar-refractivity contribution in [2.45, 2.75) is 206 Å². The van der Waals surface area contributed by atoms with E-state index in [-0.39, 0.29) is 47.9 Å². The first kappa shape index (κ1) is 54.2. The molecule has 5 heterocycles. The van der Waals surface area contributed by atoms with Crippen molar-refractivity contribution in [3.05, 3.63) is 42.0 Å². The van der Waals surface area contributed by atoms with Crippen molar-refractivity contribution in [1.82, 2.24) is 0 Å². The molecule has 5 aliphatic heterocycles. The van der Waals surface area contributed by atoms with E-state index in [1.807, 2.05) is 54.5 Å². The highest BCUT2D eigenvalue weighted by molar-refractivity contribution is 6.01. The van der Waals surface area contributed by atoms with Crippen LogP contribution in [-0.4, -0.2) is 99.0 Å². The molecule has 5 aliphatic rings. The number of aliphatic carboxylic acids is 1. The molecular weight excluding hydrogens is 888 g/mol. The minimum Gasteiger partial charge on any atom is -0.481 e. The maximum atomic E-state index is 14.7. The van der Waals surface area contributed by atoms with Gasteiger partial charge in [-0.3, -0.25) is 9.59 Å². The molecule has 0 bridgehead atoms. The molecule has 0 aromatic heterocycles. The fraction of sp³-hybridized carbons (Fsp3) is 0.788. The van der Waals surface area contributed by atoms with Crippen LogP contribution in [-0.2, 0) is 44.7 Å². The molecule has 3 N–H and O–H groups in total. The second kappa shape index (κ2) is 21.7. The van der Waals surface area contributed by atoms with Gasteiger partial charge in [-0.25, -0.2) is 0 Å². The zero-order valence-corrected chi connectivity index (χ0v) is 41.8. The monoisotopic (exact) mass is 966 g/mol. The van der Waals surface area contributed by atoms with Crippen LogP contribution in [0.15, 0.2) is 41.6 Å². The van der Waals surface area contributed by atoms with Crippen LogP contribution in [0.1, 0.15) is 145 Å². The molecule has 0 saturated carbocycles. The van der Waals surface area contributed by atoms with E-state index in [2.05, 4.69) is 23.7 Å². The number of carbonyl (C=O) groups is 2. The Hall–Kier alpha value is -3.12. The zero-order valence-electron chi connectivity index (χ0n) is 41.8. The summed E-state index contributed by atoms with van der Waals surface area (Å²) in [4.78, 5) is 32.7. The summed E-state index contributed by atoms with van der Waals surface area (Å²) >= 11 is 0. The van der Waals surface area contributed by atoms with Gasteiger partial charge in [0.15, 0.2) is 5.79 Å². The van der Waals surface area contributed by atoms with E-state index in [1.54, 1.807) is 13.0 Å². The van der Waals surface area contributed by atoms with E-state index in [9.17, 15) is 38.1 Å². The number of rotatable bonds is 16. The van der Waals surface area contributed by atoms with Crippen molar-refractivity contribution in [2.75, 3.05) is 6.61 Å². The van der Waals surface area contributed by atoms with E-state index < -0.39 is 83.2 Å². The van der Waals surface area contributed by atoms with E-state index >= 15 is 0 Å². The van der Waals surface area contributed by atoms with Crippen molar-refractivity contribution in [2.24, 2.45) is 52.5 Å². The maximum Gasteiger partial charge on any atom is 0.573 e. The molecule has 0 amide bonds. The predicted molar refractivity (Wildman–Crippen MR) is 247 cm³/mol. The summed E-state index contributed by atoms with van der Waals surface area (Å²) in [6.07, 6.45) is 2.20. The number of ketones is 1. The van der Waals surface area contributed by atoms with Gasteiger partial charge in [-0.2, -0.15) is 0 Å². The lowest BCUT2D eigenvalue weighted by Crippen LogP contribution is -2.61. The third kappa shape index (κ3) is 11.6. The quantitative estimate of drug-likeness (QED) is 0.134. The Morgan fingerprint density at radius 1 is 0.912 bits per heavy atom. The smallest absolute Gasteiger partial charge is 0.481 e. The summed E-state index contributed by atoms with van der Waals surface area (Å²) in [5, 5.41) is 37.9. The Labute approximate surface area is 400 Å². The van der Waals surface area contributed by atoms with Gasteiger partial charge >= 0.3 is 12.3 Å². The van der Waals surface area contributed by atoms with Crippen molar-refractivity contribution in [3.8, 4) is 5.75 Å². The fourth-order valence-corrected chi connectivity index (χ4v) is 11.9. The first-order valence-corrected chi connectivity index (χ1v) is 25.2. The molecule has 0 radical (unpaired) electrons. The number of nitrogens with zero attached hydrogens (tertiary/aromatic N) is 1. The van der Waals surface area contributed by atoms with Gasteiger partial charge in [0.25, 0.3) is 0 Å². The minimum absolute atomic E-state index is 0.0227. The van der Waals surface area contributed by atoms with Gasteiger partial charge < -0.3 is 48.6 Å². The second-order valence-electron chi connectivity index (χ2n) is 21.1. The Kier molecular flexibility index (Phi) is 17.3. The zero-order chi connectivity index (χ0) is 50.0. The number of aliphatic hydroxyl groups excluding tert-OH is 1. The number of oxime groups is 1. The molecule has 13 nitrogen and oxygen atoms in total. The molecule has 1 unspecified atom stereocenters. The van der Waals surface area contributed by atoms with E-state index in [4.69, 9.17) is 28.5 Å². The van der Waals surface area contributed by atoms with Crippen LogP contribution < -0.4 is 4.74 Å². The van der Waals surface area contributed by atoms with Crippen molar-refractivity contribution in [1.29, 1.82) is 0 Å². The Morgan fingerprint density at radius 2 is 1.60 bits per heavy atom. The Bertz CT molecular complexity index is 1930. The van der Waals surface area contributed by atoms with Gasteiger partial charge in [0.1, 0.15) is 23.9 Å². The molecule has 6 rings (SSSR count). The number of carboxylic acid groups (broad SMARTS) is 1. The number of carboxylic acids is 1. The Morgan fingerprint density at radius 3 is 2.24 bits per heavy atom. The number of hydrogen-bond donors (Lipinski definition) is 3. The van der Waals surface area contributed by atoms with Crippen LogP contribution in [0, 0.1) is 47.3 Å². The molecule has 2 spiro atoms. The molecule has 384 valence electrons. The lowest BCUT2D eigenvalue weighted by molar-refractivity contribution is -0.368. The van der Waals surface area contributed by atoms with Crippen molar-refractivity contribution in [3.63, 3.8) is 0 Å². The standard InChI is InChI=1S/C52H78F3NO12/c1-11-39(47(59)60)41-19-14-30(4)45(64-41)34(8)43(57)33(7)44(58)40(12-2)46-31(5)28-32(6)50(66-46)24-21-42(56-63-29-36-15-17-38(18-16-36)65-52(53,54)55)51(68-50)26-25-48(10,67-51)37-20-23-49(61,13-3)35(9)62-27-22-37/h15-18,21,24,30-35,37,39-41,43,45-46,57,61H,11-14,19-20,22-23,25-29H2,1-10H3,(H,59,60)/b56-42+/t30-,31-,32+,33-,34-,35-,37-,39?,40-,41+,43+,45+,46-,48-,49+,50-,51-/m0/s1. The lowest BCUT2D eigenvalue weighted by atomic mass is 9.72. The summed E-state index contributed by atoms with van der Waals surface area (Å²) in [6, 6.07) is 5.35. The van der Waals surface area contributed by atoms with Gasteiger partial charge in [0.05, 0.1) is 47.6 Å². The molecule has 4 fully saturated rings. The molecule has 68 heavy (non-hydrogen) atoms. The maximum absolute atomic E-state index is 14.7. The summed E-state index contributed by atoms with van der Waals surface area (Å²) < 4.78 is 76.7. The summed E-state index contributed by atoms with van der Waals surface area (Å²) in [5.41, 5.74) is -0.838. The number of Topliss-reactive ketones (excluding diaryl/α,β-unsaturated/α-hetero) is 1. The van der Waals surface area contributed by atoms with Crippen LogP contribution in [0.5, 0.6) is 5.75 Å². The number of hydrogen-bond acceptors (Lipinski definition) is 12. The number of carbonyl (C=O) groups excluding carboxylic acids is 1. The van der Waals surface area contributed by atoms with E-state index in [0.717, 1.165) is 6.42 Å². The lowest BCUT2D eigenvalue weighted by Gasteiger charge is -2.53. The summed E-state index contributed by atoms with van der Waals surface area (Å²) in [5.74, 6) is -6.94. The number of ether oxygens (including phenoxy) is 6. The van der Waals surface area contributed by atoms with Gasteiger partial charge in [-0.1, -0.05) is 72.7 Å². The van der Waals surface area contributed by atoms with E-state index in [1.165, 1.54) is 24.3 Å². The predicted octanol–water partition coefficient (Wildman–Crippen LogP) is 9.94. The highest BCUT2D eigenvalue weighted by atomic mass is 19.4. The molecule has 4 saturated heterocycles. The fourth-order valence-electron chi connectivity index (χ4n) is 11.9. The summed E-state index contributed by atoms with van der Waals surface area (Å²) in [7, 11) is 0. The summed E-state index contributed by atoms with van der Waals surface area (Å²) in [6.45, 7) is 19.9. The number of aliphatic hydroxyl groups is 2. The third-order valence-corrected chi connectivity index (χ3v) is 16.6. The molecule has 1 aromatic rings. The van der Waals surface area contributed by atoms with Gasteiger partial charge in [-0.15, -0.1) is 13.2 Å². The average Bonchev–Trinajstić information content (AvgIpc) is 3.62. The SMILES string of the molecule is CCC(C(=O)O)[C@H]1CC[C@H](C)[C@H]([C@@H](C)[C@H](O)[C@H](C)C(=O)[C@H](CC)[C@H]2O[C@]3(C=C/C(=N\OCc4ccc(OC(F)(F)F)cc4)[C@]4(CC[C@@](C)([C@@H]5CCO[C@@H](C)[C@@](O)(CC)CC5)O4)O3)[C@H](C)C[C@@H]2C)O1. The van der Waals surface area contributed by atoms with Crippen molar-refractivity contribution < 1.29 is 71.3 Å². The first-order valence-electron chi connectivity index (χ1n) is 25.2. The average molecular weight is 966 g/mol. The van der Waals surface area contributed by atoms with Crippen LogP contribution >= 0.6 is 0 Å². The largest absolute Gasteiger partial charge is 0.573 e. The highest BCUT2D eigenvalue weighted by Crippen LogP contribution is 2.54. The van der Waals surface area contributed by atoms with Crippen molar-refractivity contribution >= 4 is 17.5 Å². The number of halogens is 3. The number of alkyl halides is 3. The molecule has 0 aliphatic carbocycles. The van der Waals surface area contributed by atoms with Crippen LogP contribution in [0.2, 0.25) is 0 Å². The molecule has 16 heteroatoms. The highest BCUT2D eigenvalue weighted by Gasteiger charge is 2.62. The second-order valence-corrected chi connectivity index (χ2v) is 21.1. The van der Waals surface area contributed by atoms with Crippen LogP contribution in [0.3, 0.4) is 0 Å². The van der Waals surface area contributed by atoms with Gasteiger partial charge in [0, 0.05) is 36.7 Å². The molecule has 1 aromatic carbocycles. The van der Waals surface area contributed by atoms with Gasteiger partial charge in [-0.05, 0) is 126 Å². The molecule has 17 atom stereocenters. The van der Waals surface area contributed by atoms with Gasteiger partial charge in [0.2, 0.25) is 5.79 Å². The number of benzene rings is 1. The third-order valence-electron chi connectivity index (χ3n) is 16.6. The minimum atomic E-state index is -4.82. The van der Waals surface area contributed by atoms with E-state index in [0.29, 0.717) is 82.1 Å². The topological polar surface area (TPSA) is 172 Å². The first-order chi connectivity index (χ1) is 31.9. The molecular formula is C52H78F3NO12. The Balaban J connectivity index is 1.26. The van der Waals surface area contributed by atoms with Crippen LogP contribution in [0.25, 0.3) is 0 Å². The van der Waals surface area contributed by atoms with Crippen LogP contribution in [0.4, 0.5) is 13.2 Å².